The van der Waals surface area contributed by atoms with Crippen LogP contribution in [0.4, 0.5) is 5.82 Å². The second-order valence-electron chi connectivity index (χ2n) is 5.16. The van der Waals surface area contributed by atoms with Crippen LogP contribution in [0.1, 0.15) is 36.6 Å². The third kappa shape index (κ3) is 3.29. The van der Waals surface area contributed by atoms with Crippen molar-refractivity contribution in [2.75, 3.05) is 19.0 Å². The molecule has 1 N–H and O–H groups in total. The second kappa shape index (κ2) is 7.62. The molecule has 0 saturated heterocycles. The van der Waals surface area contributed by atoms with Crippen molar-refractivity contribution in [2.24, 2.45) is 0 Å². The Kier molecular flexibility index (Phi) is 5.56. The number of rotatable bonds is 7. The summed E-state index contributed by atoms with van der Waals surface area (Å²) in [6.45, 7) is 5.28. The first-order valence-corrected chi connectivity index (χ1v) is 7.52. The zero-order valence-corrected chi connectivity index (χ0v) is 13.4. The smallest absolute Gasteiger partial charge is 0.144 e. The first-order chi connectivity index (χ1) is 10.7. The van der Waals surface area contributed by atoms with E-state index in [1.165, 1.54) is 0 Å². The Morgan fingerprint density at radius 1 is 1.36 bits per heavy atom. The molecule has 0 amide bonds. The van der Waals surface area contributed by atoms with Crippen molar-refractivity contribution in [3.63, 3.8) is 0 Å². The summed E-state index contributed by atoms with van der Waals surface area (Å²) in [6.07, 6.45) is 6.05. The van der Waals surface area contributed by atoms with E-state index in [0.29, 0.717) is 18.0 Å². The Morgan fingerprint density at radius 3 is 2.68 bits per heavy atom. The van der Waals surface area contributed by atoms with Gasteiger partial charge in [-0.1, -0.05) is 13.3 Å². The summed E-state index contributed by atoms with van der Waals surface area (Å²) >= 11 is 0. The highest BCUT2D eigenvalue weighted by atomic mass is 16.5. The molecule has 2 aromatic rings. The number of nitrogens with one attached hydrogen (secondary N) is 1. The van der Waals surface area contributed by atoms with Crippen LogP contribution in [0.5, 0.6) is 0 Å². The molecule has 0 radical (unpaired) electrons. The minimum absolute atomic E-state index is 0.377. The van der Waals surface area contributed by atoms with E-state index in [4.69, 9.17) is 4.74 Å². The van der Waals surface area contributed by atoms with Crippen molar-refractivity contribution in [1.29, 1.82) is 5.26 Å². The zero-order valence-electron chi connectivity index (χ0n) is 13.4. The van der Waals surface area contributed by atoms with E-state index >= 15 is 0 Å². The molecule has 0 saturated carbocycles. The van der Waals surface area contributed by atoms with Gasteiger partial charge < -0.3 is 14.6 Å². The molecule has 0 aromatic carbocycles. The summed E-state index contributed by atoms with van der Waals surface area (Å²) in [5, 5.41) is 12.9. The maximum absolute atomic E-state index is 9.60. The first kappa shape index (κ1) is 16.1. The lowest BCUT2D eigenvalue weighted by molar-refractivity contribution is 0.184. The molecule has 0 aliphatic heterocycles. The summed E-state index contributed by atoms with van der Waals surface area (Å²) in [5.41, 5.74) is 3.23. The Morgan fingerprint density at radius 2 is 2.09 bits per heavy atom. The maximum Gasteiger partial charge on any atom is 0.144 e. The number of ether oxygens (including phenoxy) is 1. The van der Waals surface area contributed by atoms with Crippen molar-refractivity contribution in [1.82, 2.24) is 9.55 Å². The first-order valence-electron chi connectivity index (χ1n) is 7.52. The predicted molar refractivity (Wildman–Crippen MR) is 87.1 cm³/mol. The van der Waals surface area contributed by atoms with Gasteiger partial charge in [-0.25, -0.2) is 4.98 Å². The summed E-state index contributed by atoms with van der Waals surface area (Å²) in [5.74, 6) is 0.649. The monoisotopic (exact) mass is 298 g/mol. The van der Waals surface area contributed by atoms with E-state index in [1.807, 2.05) is 36.0 Å². The van der Waals surface area contributed by atoms with Crippen molar-refractivity contribution < 1.29 is 4.74 Å². The Hall–Kier alpha value is -2.32. The van der Waals surface area contributed by atoms with Crippen LogP contribution in [-0.4, -0.2) is 23.2 Å². The van der Waals surface area contributed by atoms with Gasteiger partial charge in [-0.05, 0) is 25.5 Å². The van der Waals surface area contributed by atoms with Gasteiger partial charge >= 0.3 is 0 Å². The van der Waals surface area contributed by atoms with Gasteiger partial charge in [0.2, 0.25) is 0 Å². The lowest BCUT2D eigenvalue weighted by Gasteiger charge is -2.18. The third-order valence-corrected chi connectivity index (χ3v) is 3.53. The highest BCUT2D eigenvalue weighted by molar-refractivity contribution is 5.64. The molecular formula is C17H22N4O. The van der Waals surface area contributed by atoms with Gasteiger partial charge in [0.25, 0.3) is 0 Å². The Balaban J connectivity index is 2.54. The number of hydrogen-bond donors (Lipinski definition) is 1. The van der Waals surface area contributed by atoms with E-state index in [9.17, 15) is 5.26 Å². The van der Waals surface area contributed by atoms with Crippen molar-refractivity contribution in [3.05, 3.63) is 41.3 Å². The van der Waals surface area contributed by atoms with Crippen LogP contribution in [0.2, 0.25) is 0 Å². The molecule has 0 spiro atoms. The summed E-state index contributed by atoms with van der Waals surface area (Å²) in [6, 6.07) is 6.19. The molecule has 0 aliphatic carbocycles. The third-order valence-electron chi connectivity index (χ3n) is 3.53. The number of aromatic nitrogens is 2. The summed E-state index contributed by atoms with van der Waals surface area (Å²) < 4.78 is 7.30. The van der Waals surface area contributed by atoms with Crippen LogP contribution < -0.4 is 5.32 Å². The fraction of sp³-hybridized carbons (Fsp3) is 0.412. The maximum atomic E-state index is 9.60. The van der Waals surface area contributed by atoms with Gasteiger partial charge in [0, 0.05) is 31.6 Å². The van der Waals surface area contributed by atoms with E-state index in [-0.39, 0.29) is 0 Å². The molecule has 2 aromatic heterocycles. The van der Waals surface area contributed by atoms with Gasteiger partial charge in [-0.2, -0.15) is 5.26 Å². The quantitative estimate of drug-likeness (QED) is 0.796. The van der Waals surface area contributed by atoms with E-state index in [2.05, 4.69) is 23.3 Å². The molecule has 0 aliphatic rings. The summed E-state index contributed by atoms with van der Waals surface area (Å²) in [7, 11) is 1.64. The molecular weight excluding hydrogens is 276 g/mol. The minimum Gasteiger partial charge on any atom is -0.380 e. The van der Waals surface area contributed by atoms with Gasteiger partial charge in [0.05, 0.1) is 18.0 Å². The average Bonchev–Trinajstić information content (AvgIpc) is 3.02. The zero-order chi connectivity index (χ0) is 15.9. The van der Waals surface area contributed by atoms with Crippen LogP contribution in [0, 0.1) is 18.3 Å². The lowest BCUT2D eigenvalue weighted by atomic mass is 10.1. The molecule has 5 heteroatoms. The van der Waals surface area contributed by atoms with Crippen LogP contribution in [0.25, 0.3) is 5.69 Å². The van der Waals surface area contributed by atoms with Crippen molar-refractivity contribution in [2.45, 2.75) is 33.3 Å². The molecule has 0 unspecified atom stereocenters. The van der Waals surface area contributed by atoms with Crippen LogP contribution >= 0.6 is 0 Å². The fourth-order valence-electron chi connectivity index (χ4n) is 2.50. The number of nitriles is 1. The molecule has 2 rings (SSSR count). The molecule has 0 fully saturated rings. The van der Waals surface area contributed by atoms with Crippen LogP contribution in [0.3, 0.4) is 0 Å². The summed E-state index contributed by atoms with van der Waals surface area (Å²) in [4.78, 5) is 4.60. The van der Waals surface area contributed by atoms with E-state index < -0.39 is 0 Å². The standard InChI is InChI=1S/C17H22N4O/c1-4-5-8-19-17-14(11-18)15(12-22-3)16(13(2)20-17)21-9-6-7-10-21/h6-7,9-10H,4-5,8,12H2,1-3H3,(H,19,20). The molecule has 0 atom stereocenters. The highest BCUT2D eigenvalue weighted by Crippen LogP contribution is 2.27. The number of pyridine rings is 1. The van der Waals surface area contributed by atoms with Gasteiger partial charge in [0.1, 0.15) is 17.5 Å². The molecule has 5 nitrogen and oxygen atoms in total. The second-order valence-corrected chi connectivity index (χ2v) is 5.16. The SMILES string of the molecule is CCCCNc1nc(C)c(-n2cccc2)c(COC)c1C#N. The number of methoxy groups -OCH3 is 1. The molecule has 2 heterocycles. The lowest BCUT2D eigenvalue weighted by Crippen LogP contribution is -2.12. The van der Waals surface area contributed by atoms with Gasteiger partial charge in [-0.3, -0.25) is 0 Å². The fourth-order valence-corrected chi connectivity index (χ4v) is 2.50. The molecule has 0 bridgehead atoms. The Bertz CT molecular complexity index is 656. The largest absolute Gasteiger partial charge is 0.380 e. The number of anilines is 1. The van der Waals surface area contributed by atoms with Crippen LogP contribution in [0.15, 0.2) is 24.5 Å². The van der Waals surface area contributed by atoms with Crippen molar-refractivity contribution >= 4 is 5.82 Å². The number of unbranched alkanes of at least 4 members (excludes halogenated alkanes) is 1. The predicted octanol–water partition coefficient (Wildman–Crippen LogP) is 3.41. The topological polar surface area (TPSA) is 62.9 Å². The number of hydrogen-bond acceptors (Lipinski definition) is 4. The van der Waals surface area contributed by atoms with Crippen molar-refractivity contribution in [3.8, 4) is 11.8 Å². The minimum atomic E-state index is 0.377. The normalized spacial score (nSPS) is 10.5. The van der Waals surface area contributed by atoms with Gasteiger partial charge in [-0.15, -0.1) is 0 Å². The average molecular weight is 298 g/mol. The van der Waals surface area contributed by atoms with E-state index in [1.54, 1.807) is 7.11 Å². The van der Waals surface area contributed by atoms with Gasteiger partial charge in [0.15, 0.2) is 0 Å². The van der Waals surface area contributed by atoms with E-state index in [0.717, 1.165) is 36.3 Å². The molecule has 116 valence electrons. The van der Waals surface area contributed by atoms with Crippen LogP contribution in [-0.2, 0) is 11.3 Å². The number of aryl methyl sites for hydroxylation is 1. The highest BCUT2D eigenvalue weighted by Gasteiger charge is 2.18. The molecule has 22 heavy (non-hydrogen) atoms. The number of nitrogens with zero attached hydrogens (tertiary/aromatic N) is 3. The Labute approximate surface area is 131 Å².